The smallest absolute Gasteiger partial charge is 0.261 e. The quantitative estimate of drug-likeness (QED) is 0.401. The molecule has 4 nitrogen and oxygen atoms in total. The van der Waals surface area contributed by atoms with Crippen LogP contribution in [-0.2, 0) is 4.79 Å². The molecule has 1 aromatic carbocycles. The van der Waals surface area contributed by atoms with Gasteiger partial charge in [0.2, 0.25) is 5.91 Å². The fourth-order valence-corrected chi connectivity index (χ4v) is 3.39. The standard InChI is InChI=1S/C18H20N2O2S2/c1-2-12-23-15-8-4-3-7-14(15)20-17(21)10-5-11-19-18(22)16-9-6-13-24-16/h2-4,6-9,13H,1,5,10-12H2,(H,19,22)(H,20,21). The van der Waals surface area contributed by atoms with Gasteiger partial charge in [0.05, 0.1) is 10.6 Å². The van der Waals surface area contributed by atoms with Gasteiger partial charge >= 0.3 is 0 Å². The second-order valence-corrected chi connectivity index (χ2v) is 6.99. The molecule has 24 heavy (non-hydrogen) atoms. The van der Waals surface area contributed by atoms with Gasteiger partial charge in [-0.05, 0) is 30.0 Å². The van der Waals surface area contributed by atoms with Crippen molar-refractivity contribution in [3.8, 4) is 0 Å². The van der Waals surface area contributed by atoms with Crippen molar-refractivity contribution in [2.75, 3.05) is 17.6 Å². The van der Waals surface area contributed by atoms with Crippen LogP contribution in [0.15, 0.2) is 59.3 Å². The normalized spacial score (nSPS) is 10.2. The highest BCUT2D eigenvalue weighted by molar-refractivity contribution is 7.99. The molecule has 126 valence electrons. The molecule has 0 aliphatic heterocycles. The average Bonchev–Trinajstić information content (AvgIpc) is 3.12. The van der Waals surface area contributed by atoms with E-state index in [-0.39, 0.29) is 11.8 Å². The van der Waals surface area contributed by atoms with Gasteiger partial charge in [-0.25, -0.2) is 0 Å². The molecule has 0 unspecified atom stereocenters. The van der Waals surface area contributed by atoms with Gasteiger partial charge in [0.25, 0.3) is 5.91 Å². The first kappa shape index (κ1) is 18.3. The van der Waals surface area contributed by atoms with Crippen molar-refractivity contribution in [2.24, 2.45) is 0 Å². The highest BCUT2D eigenvalue weighted by atomic mass is 32.2. The van der Waals surface area contributed by atoms with E-state index < -0.39 is 0 Å². The molecule has 0 aliphatic rings. The first-order valence-corrected chi connectivity index (χ1v) is 9.51. The minimum atomic E-state index is -0.0865. The van der Waals surface area contributed by atoms with Crippen molar-refractivity contribution >= 4 is 40.6 Å². The lowest BCUT2D eigenvalue weighted by Crippen LogP contribution is -2.24. The fourth-order valence-electron chi connectivity index (χ4n) is 2.00. The number of anilines is 1. The number of nitrogens with one attached hydrogen (secondary N) is 2. The molecule has 2 amide bonds. The zero-order chi connectivity index (χ0) is 17.2. The van der Waals surface area contributed by atoms with Crippen LogP contribution in [0, 0.1) is 0 Å². The van der Waals surface area contributed by atoms with Gasteiger partial charge in [-0.15, -0.1) is 29.7 Å². The summed E-state index contributed by atoms with van der Waals surface area (Å²) in [6.07, 6.45) is 2.80. The highest BCUT2D eigenvalue weighted by Crippen LogP contribution is 2.27. The number of carbonyl (C=O) groups excluding carboxylic acids is 2. The summed E-state index contributed by atoms with van der Waals surface area (Å²) in [6, 6.07) is 11.3. The summed E-state index contributed by atoms with van der Waals surface area (Å²) in [6.45, 7) is 4.19. The molecule has 6 heteroatoms. The van der Waals surface area contributed by atoms with E-state index in [2.05, 4.69) is 17.2 Å². The number of amides is 2. The molecule has 0 radical (unpaired) electrons. The molecule has 2 aromatic rings. The van der Waals surface area contributed by atoms with Gasteiger partial charge in [-0.2, -0.15) is 0 Å². The Kier molecular flexibility index (Phi) is 7.58. The van der Waals surface area contributed by atoms with Crippen LogP contribution in [0.4, 0.5) is 5.69 Å². The van der Waals surface area contributed by atoms with Crippen molar-refractivity contribution in [3.05, 3.63) is 59.3 Å². The Balaban J connectivity index is 1.73. The Labute approximate surface area is 150 Å². The highest BCUT2D eigenvalue weighted by Gasteiger charge is 2.08. The zero-order valence-corrected chi connectivity index (χ0v) is 14.9. The van der Waals surface area contributed by atoms with Crippen LogP contribution in [0.1, 0.15) is 22.5 Å². The fraction of sp³-hybridized carbons (Fsp3) is 0.222. The van der Waals surface area contributed by atoms with Gasteiger partial charge < -0.3 is 10.6 Å². The summed E-state index contributed by atoms with van der Waals surface area (Å²) in [4.78, 5) is 25.5. The summed E-state index contributed by atoms with van der Waals surface area (Å²) in [5.74, 6) is 0.658. The number of rotatable bonds is 9. The van der Waals surface area contributed by atoms with E-state index in [0.29, 0.717) is 24.3 Å². The molecule has 0 bridgehead atoms. The van der Waals surface area contributed by atoms with Crippen molar-refractivity contribution in [2.45, 2.75) is 17.7 Å². The molecule has 0 spiro atoms. The van der Waals surface area contributed by atoms with Crippen LogP contribution < -0.4 is 10.6 Å². The van der Waals surface area contributed by atoms with Crippen molar-refractivity contribution in [1.29, 1.82) is 0 Å². The van der Waals surface area contributed by atoms with E-state index in [1.165, 1.54) is 11.3 Å². The third-order valence-corrected chi connectivity index (χ3v) is 5.07. The van der Waals surface area contributed by atoms with Gasteiger partial charge in [0.15, 0.2) is 0 Å². The predicted octanol–water partition coefficient (Wildman–Crippen LogP) is 4.17. The topological polar surface area (TPSA) is 58.2 Å². The van der Waals surface area contributed by atoms with Crippen LogP contribution in [0.3, 0.4) is 0 Å². The number of hydrogen-bond acceptors (Lipinski definition) is 4. The first-order valence-electron chi connectivity index (χ1n) is 7.65. The van der Waals surface area contributed by atoms with Crippen LogP contribution >= 0.6 is 23.1 Å². The molecule has 0 saturated heterocycles. The summed E-state index contributed by atoms with van der Waals surface area (Å²) < 4.78 is 0. The summed E-state index contributed by atoms with van der Waals surface area (Å²) in [5, 5.41) is 7.62. The number of carbonyl (C=O) groups is 2. The van der Waals surface area contributed by atoms with E-state index in [1.54, 1.807) is 17.8 Å². The third kappa shape index (κ3) is 5.86. The molecule has 0 aliphatic carbocycles. The van der Waals surface area contributed by atoms with E-state index in [1.807, 2.05) is 41.8 Å². The molecule has 0 atom stereocenters. The summed E-state index contributed by atoms with van der Waals surface area (Å²) >= 11 is 3.04. The first-order chi connectivity index (χ1) is 11.7. The Bertz CT molecular complexity index is 684. The lowest BCUT2D eigenvalue weighted by atomic mass is 10.2. The van der Waals surface area contributed by atoms with Gasteiger partial charge in [0.1, 0.15) is 0 Å². The number of thiophene rings is 1. The minimum absolute atomic E-state index is 0.0491. The second-order valence-electron chi connectivity index (χ2n) is 4.98. The lowest BCUT2D eigenvalue weighted by Gasteiger charge is -2.10. The number of thioether (sulfide) groups is 1. The lowest BCUT2D eigenvalue weighted by molar-refractivity contribution is -0.116. The summed E-state index contributed by atoms with van der Waals surface area (Å²) in [7, 11) is 0. The van der Waals surface area contributed by atoms with Gasteiger partial charge in [-0.1, -0.05) is 24.3 Å². The van der Waals surface area contributed by atoms with Crippen LogP contribution in [0.25, 0.3) is 0 Å². The Hall–Kier alpha value is -2.05. The second kappa shape index (κ2) is 9.95. The van der Waals surface area contributed by atoms with Crippen LogP contribution in [0.5, 0.6) is 0 Å². The van der Waals surface area contributed by atoms with Crippen LogP contribution in [0.2, 0.25) is 0 Å². The monoisotopic (exact) mass is 360 g/mol. The molecular formula is C18H20N2O2S2. The van der Waals surface area contributed by atoms with E-state index >= 15 is 0 Å². The Morgan fingerprint density at radius 2 is 2.04 bits per heavy atom. The van der Waals surface area contributed by atoms with Crippen molar-refractivity contribution in [1.82, 2.24) is 5.32 Å². The van der Waals surface area contributed by atoms with Gasteiger partial charge in [0, 0.05) is 23.6 Å². The molecular weight excluding hydrogens is 340 g/mol. The minimum Gasteiger partial charge on any atom is -0.351 e. The Morgan fingerprint density at radius 1 is 1.21 bits per heavy atom. The van der Waals surface area contributed by atoms with E-state index in [4.69, 9.17) is 0 Å². The predicted molar refractivity (Wildman–Crippen MR) is 102 cm³/mol. The zero-order valence-electron chi connectivity index (χ0n) is 13.3. The maximum absolute atomic E-state index is 12.1. The molecule has 2 rings (SSSR count). The largest absolute Gasteiger partial charge is 0.351 e. The molecule has 0 fully saturated rings. The maximum atomic E-state index is 12.1. The van der Waals surface area contributed by atoms with Gasteiger partial charge in [-0.3, -0.25) is 9.59 Å². The number of benzene rings is 1. The molecule has 1 heterocycles. The Morgan fingerprint density at radius 3 is 2.79 bits per heavy atom. The third-order valence-electron chi connectivity index (χ3n) is 3.13. The summed E-state index contributed by atoms with van der Waals surface area (Å²) in [5.41, 5.74) is 0.817. The SMILES string of the molecule is C=CCSc1ccccc1NC(=O)CCCNC(=O)c1cccs1. The van der Waals surface area contributed by atoms with Crippen molar-refractivity contribution in [3.63, 3.8) is 0 Å². The number of para-hydroxylation sites is 1. The molecule has 2 N–H and O–H groups in total. The molecule has 1 aromatic heterocycles. The van der Waals surface area contributed by atoms with Crippen molar-refractivity contribution < 1.29 is 9.59 Å². The number of hydrogen-bond donors (Lipinski definition) is 2. The molecule has 0 saturated carbocycles. The van der Waals surface area contributed by atoms with Crippen LogP contribution in [-0.4, -0.2) is 24.1 Å². The average molecular weight is 361 g/mol. The maximum Gasteiger partial charge on any atom is 0.261 e. The van der Waals surface area contributed by atoms with E-state index in [0.717, 1.165) is 16.3 Å². The van der Waals surface area contributed by atoms with E-state index in [9.17, 15) is 9.59 Å².